The summed E-state index contributed by atoms with van der Waals surface area (Å²) in [4.78, 5) is 28.3. The van der Waals surface area contributed by atoms with Crippen molar-refractivity contribution in [2.45, 2.75) is 26.4 Å². The normalized spacial score (nSPS) is 15.7. The van der Waals surface area contributed by atoms with Gasteiger partial charge in [0, 0.05) is 38.6 Å². The van der Waals surface area contributed by atoms with Crippen LogP contribution >= 0.6 is 24.0 Å². The zero-order valence-corrected chi connectivity index (χ0v) is 16.6. The molecule has 8 nitrogen and oxygen atoms in total. The zero-order chi connectivity index (χ0) is 16.9. The van der Waals surface area contributed by atoms with Crippen LogP contribution in [-0.2, 0) is 9.53 Å². The van der Waals surface area contributed by atoms with Crippen molar-refractivity contribution in [2.24, 2.45) is 10.7 Å². The summed E-state index contributed by atoms with van der Waals surface area (Å²) < 4.78 is 5.21. The number of anilines is 1. The van der Waals surface area contributed by atoms with E-state index in [4.69, 9.17) is 10.5 Å². The van der Waals surface area contributed by atoms with Gasteiger partial charge in [0.05, 0.1) is 0 Å². The van der Waals surface area contributed by atoms with Crippen LogP contribution in [0.1, 0.15) is 20.8 Å². The molecule has 2 heterocycles. The summed E-state index contributed by atoms with van der Waals surface area (Å²) in [5.74, 6) is 0.706. The third-order valence-electron chi connectivity index (χ3n) is 3.23. The molecule has 1 saturated heterocycles. The van der Waals surface area contributed by atoms with Crippen molar-refractivity contribution < 1.29 is 9.53 Å². The first kappa shape index (κ1) is 20.4. The third-order valence-corrected chi connectivity index (χ3v) is 3.23. The van der Waals surface area contributed by atoms with Crippen LogP contribution in [0.4, 0.5) is 5.95 Å². The fourth-order valence-electron chi connectivity index (χ4n) is 2.21. The number of piperazine rings is 1. The number of rotatable bonds is 3. The van der Waals surface area contributed by atoms with Gasteiger partial charge in [-0.05, 0) is 26.8 Å². The molecule has 0 aliphatic carbocycles. The van der Waals surface area contributed by atoms with Crippen LogP contribution in [0.2, 0.25) is 0 Å². The Morgan fingerprint density at radius 1 is 1.25 bits per heavy atom. The Morgan fingerprint density at radius 3 is 2.38 bits per heavy atom. The molecule has 0 saturated carbocycles. The SMILES string of the molecule is CC(C)(C)OC(=O)CN=C(N)N1CCN(c2ncccn2)CC1.I. The minimum absolute atomic E-state index is 0. The smallest absolute Gasteiger partial charge is 0.328 e. The lowest BCUT2D eigenvalue weighted by atomic mass is 10.2. The van der Waals surface area contributed by atoms with Gasteiger partial charge in [-0.15, -0.1) is 24.0 Å². The van der Waals surface area contributed by atoms with Gasteiger partial charge in [0.1, 0.15) is 12.1 Å². The zero-order valence-electron chi connectivity index (χ0n) is 14.3. The van der Waals surface area contributed by atoms with E-state index in [1.54, 1.807) is 18.5 Å². The number of nitrogens with zero attached hydrogens (tertiary/aromatic N) is 5. The van der Waals surface area contributed by atoms with Crippen molar-refractivity contribution in [1.29, 1.82) is 0 Å². The molecule has 0 spiro atoms. The highest BCUT2D eigenvalue weighted by Crippen LogP contribution is 2.10. The lowest BCUT2D eigenvalue weighted by Crippen LogP contribution is -2.51. The number of nitrogens with two attached hydrogens (primary N) is 1. The van der Waals surface area contributed by atoms with Gasteiger partial charge in [0.2, 0.25) is 5.95 Å². The fourth-order valence-corrected chi connectivity index (χ4v) is 2.21. The van der Waals surface area contributed by atoms with Crippen molar-refractivity contribution in [1.82, 2.24) is 14.9 Å². The van der Waals surface area contributed by atoms with E-state index in [9.17, 15) is 4.79 Å². The lowest BCUT2D eigenvalue weighted by molar-refractivity contribution is -0.152. The number of guanidine groups is 1. The monoisotopic (exact) mass is 448 g/mol. The number of aromatic nitrogens is 2. The summed E-state index contributed by atoms with van der Waals surface area (Å²) in [7, 11) is 0. The second-order valence-electron chi connectivity index (χ2n) is 6.28. The first-order chi connectivity index (χ1) is 10.8. The molecule has 2 rings (SSSR count). The minimum Gasteiger partial charge on any atom is -0.459 e. The van der Waals surface area contributed by atoms with E-state index in [1.807, 2.05) is 25.7 Å². The molecule has 0 aromatic carbocycles. The largest absolute Gasteiger partial charge is 0.459 e. The van der Waals surface area contributed by atoms with E-state index in [2.05, 4.69) is 19.9 Å². The molecule has 1 aliphatic rings. The van der Waals surface area contributed by atoms with Crippen LogP contribution in [0, 0.1) is 0 Å². The summed E-state index contributed by atoms with van der Waals surface area (Å²) >= 11 is 0. The molecule has 1 fully saturated rings. The Hall–Kier alpha value is -1.65. The number of ether oxygens (including phenoxy) is 1. The molecule has 0 bridgehead atoms. The minimum atomic E-state index is -0.511. The van der Waals surface area contributed by atoms with E-state index in [0.717, 1.165) is 19.0 Å². The van der Waals surface area contributed by atoms with Gasteiger partial charge in [-0.2, -0.15) is 0 Å². The number of halogens is 1. The Balaban J connectivity index is 0.00000288. The standard InChI is InChI=1S/C15H24N6O2.HI/c1-15(2,3)23-12(22)11-19-13(16)20-7-9-21(10-8-20)14-17-5-4-6-18-14;/h4-6H,7-11H2,1-3H3,(H2,16,19);1H. The maximum Gasteiger partial charge on any atom is 0.328 e. The number of aliphatic imine (C=N–C) groups is 1. The first-order valence-corrected chi connectivity index (χ1v) is 7.64. The first-order valence-electron chi connectivity index (χ1n) is 7.64. The molecule has 1 aromatic heterocycles. The summed E-state index contributed by atoms with van der Waals surface area (Å²) in [6.45, 7) is 8.34. The van der Waals surface area contributed by atoms with Crippen LogP contribution < -0.4 is 10.6 Å². The molecule has 134 valence electrons. The highest BCUT2D eigenvalue weighted by Gasteiger charge is 2.20. The van der Waals surface area contributed by atoms with Gasteiger partial charge in [0.25, 0.3) is 0 Å². The topological polar surface area (TPSA) is 96.9 Å². The lowest BCUT2D eigenvalue weighted by Gasteiger charge is -2.35. The van der Waals surface area contributed by atoms with Gasteiger partial charge >= 0.3 is 5.97 Å². The van der Waals surface area contributed by atoms with Gasteiger partial charge in [0.15, 0.2) is 5.96 Å². The van der Waals surface area contributed by atoms with Crippen molar-refractivity contribution in [3.8, 4) is 0 Å². The molecule has 0 amide bonds. The Labute approximate surface area is 159 Å². The van der Waals surface area contributed by atoms with Crippen molar-refractivity contribution in [2.75, 3.05) is 37.6 Å². The Kier molecular flexibility index (Phi) is 7.64. The molecule has 1 aliphatic heterocycles. The van der Waals surface area contributed by atoms with Crippen molar-refractivity contribution >= 4 is 41.9 Å². The number of hydrogen-bond donors (Lipinski definition) is 1. The maximum atomic E-state index is 11.7. The summed E-state index contributed by atoms with van der Waals surface area (Å²) in [6, 6.07) is 1.79. The average Bonchev–Trinajstić information content (AvgIpc) is 2.52. The van der Waals surface area contributed by atoms with Gasteiger partial charge in [-0.3, -0.25) is 4.79 Å². The third kappa shape index (κ3) is 6.46. The average molecular weight is 448 g/mol. The van der Waals surface area contributed by atoms with E-state index in [1.165, 1.54) is 0 Å². The molecule has 24 heavy (non-hydrogen) atoms. The number of carbonyl (C=O) groups excluding carboxylic acids is 1. The number of esters is 1. The van der Waals surface area contributed by atoms with Gasteiger partial charge < -0.3 is 20.3 Å². The van der Waals surface area contributed by atoms with Crippen LogP contribution in [0.15, 0.2) is 23.5 Å². The highest BCUT2D eigenvalue weighted by molar-refractivity contribution is 14.0. The molecule has 1 aromatic rings. The van der Waals surface area contributed by atoms with Crippen molar-refractivity contribution in [3.05, 3.63) is 18.5 Å². The quantitative estimate of drug-likeness (QED) is 0.317. The molecule has 0 radical (unpaired) electrons. The number of carbonyl (C=O) groups is 1. The Morgan fingerprint density at radius 2 is 1.83 bits per heavy atom. The molecule has 2 N–H and O–H groups in total. The maximum absolute atomic E-state index is 11.7. The summed E-state index contributed by atoms with van der Waals surface area (Å²) in [5, 5.41) is 0. The van der Waals surface area contributed by atoms with E-state index in [-0.39, 0.29) is 36.5 Å². The predicted octanol–water partition coefficient (Wildman–Crippen LogP) is 0.873. The van der Waals surface area contributed by atoms with Crippen LogP contribution in [-0.4, -0.2) is 65.1 Å². The fraction of sp³-hybridized carbons (Fsp3) is 0.600. The van der Waals surface area contributed by atoms with E-state index < -0.39 is 5.60 Å². The molecular formula is C15H25IN6O2. The summed E-state index contributed by atoms with van der Waals surface area (Å²) in [5.41, 5.74) is 5.45. The van der Waals surface area contributed by atoms with Gasteiger partial charge in [-0.25, -0.2) is 15.0 Å². The Bertz CT molecular complexity index is 553. The highest BCUT2D eigenvalue weighted by atomic mass is 127. The number of hydrogen-bond acceptors (Lipinski definition) is 6. The molecule has 0 unspecified atom stereocenters. The van der Waals surface area contributed by atoms with Crippen LogP contribution in [0.25, 0.3) is 0 Å². The van der Waals surface area contributed by atoms with E-state index in [0.29, 0.717) is 19.0 Å². The van der Waals surface area contributed by atoms with Crippen LogP contribution in [0.5, 0.6) is 0 Å². The second kappa shape index (κ2) is 9.00. The molecule has 9 heteroatoms. The van der Waals surface area contributed by atoms with Crippen molar-refractivity contribution in [3.63, 3.8) is 0 Å². The van der Waals surface area contributed by atoms with Crippen LogP contribution in [0.3, 0.4) is 0 Å². The van der Waals surface area contributed by atoms with E-state index >= 15 is 0 Å². The summed E-state index contributed by atoms with van der Waals surface area (Å²) in [6.07, 6.45) is 3.46. The predicted molar refractivity (Wildman–Crippen MR) is 104 cm³/mol. The van der Waals surface area contributed by atoms with Gasteiger partial charge in [-0.1, -0.05) is 0 Å². The molecule has 0 atom stereocenters. The second-order valence-corrected chi connectivity index (χ2v) is 6.28. The molecular weight excluding hydrogens is 423 g/mol.